The Morgan fingerprint density at radius 1 is 1.21 bits per heavy atom. The van der Waals surface area contributed by atoms with E-state index in [9.17, 15) is 0 Å². The molecule has 24 heavy (non-hydrogen) atoms. The molecule has 1 aromatic carbocycles. The Balaban J connectivity index is 0.00000288. The molecule has 0 amide bonds. The molecule has 0 aliphatic carbocycles. The summed E-state index contributed by atoms with van der Waals surface area (Å²) in [6.07, 6.45) is 2.79. The Bertz CT molecular complexity index is 615. The first kappa shape index (κ1) is 20.2. The van der Waals surface area contributed by atoms with E-state index in [1.807, 2.05) is 56.3 Å². The Labute approximate surface area is 160 Å². The molecule has 2 aromatic rings. The number of aromatic nitrogens is 1. The van der Waals surface area contributed by atoms with Gasteiger partial charge in [0, 0.05) is 24.9 Å². The van der Waals surface area contributed by atoms with Gasteiger partial charge in [0.05, 0.1) is 12.6 Å². The number of hydrogen-bond acceptors (Lipinski definition) is 3. The fraction of sp³-hybridized carbons (Fsp3) is 0.333. The minimum atomic E-state index is 0. The van der Waals surface area contributed by atoms with Gasteiger partial charge in [-0.1, -0.05) is 18.2 Å². The zero-order chi connectivity index (χ0) is 16.5. The Morgan fingerprint density at radius 2 is 1.96 bits per heavy atom. The summed E-state index contributed by atoms with van der Waals surface area (Å²) in [7, 11) is 0. The number of aliphatic imine (C=N–C) groups is 1. The number of benzene rings is 1. The van der Waals surface area contributed by atoms with E-state index in [4.69, 9.17) is 10.5 Å². The first-order chi connectivity index (χ1) is 11.1. The second kappa shape index (κ2) is 10.9. The van der Waals surface area contributed by atoms with Crippen LogP contribution < -0.4 is 15.8 Å². The number of nitrogens with zero attached hydrogens (tertiary/aromatic N) is 2. The number of pyridine rings is 1. The van der Waals surface area contributed by atoms with Crippen LogP contribution in [0.15, 0.2) is 53.7 Å². The van der Waals surface area contributed by atoms with Gasteiger partial charge in [0.25, 0.3) is 0 Å². The van der Waals surface area contributed by atoms with Crippen molar-refractivity contribution in [1.82, 2.24) is 10.3 Å². The van der Waals surface area contributed by atoms with E-state index >= 15 is 0 Å². The summed E-state index contributed by atoms with van der Waals surface area (Å²) >= 11 is 0. The van der Waals surface area contributed by atoms with Gasteiger partial charge in [0.2, 0.25) is 0 Å². The van der Waals surface area contributed by atoms with Crippen molar-refractivity contribution in [3.8, 4) is 5.75 Å². The van der Waals surface area contributed by atoms with Gasteiger partial charge >= 0.3 is 0 Å². The summed E-state index contributed by atoms with van der Waals surface area (Å²) in [5.41, 5.74) is 8.00. The SMILES string of the molecule is CC(C)Oc1ccc(CN=C(N)NCCc2ccccn2)cc1.I. The maximum atomic E-state index is 5.88. The highest BCUT2D eigenvalue weighted by Crippen LogP contribution is 2.14. The van der Waals surface area contributed by atoms with Gasteiger partial charge in [-0.3, -0.25) is 4.98 Å². The van der Waals surface area contributed by atoms with Crippen LogP contribution in [-0.4, -0.2) is 23.6 Å². The lowest BCUT2D eigenvalue weighted by atomic mass is 10.2. The predicted octanol–water partition coefficient (Wildman–Crippen LogP) is 3.13. The average Bonchev–Trinajstić information content (AvgIpc) is 2.55. The molecule has 5 nitrogen and oxygen atoms in total. The number of ether oxygens (including phenoxy) is 1. The zero-order valence-electron chi connectivity index (χ0n) is 14.1. The largest absolute Gasteiger partial charge is 0.491 e. The van der Waals surface area contributed by atoms with Gasteiger partial charge in [-0.2, -0.15) is 0 Å². The quantitative estimate of drug-likeness (QED) is 0.394. The van der Waals surface area contributed by atoms with Crippen LogP contribution in [0.4, 0.5) is 0 Å². The number of nitrogens with one attached hydrogen (secondary N) is 1. The molecule has 0 fully saturated rings. The van der Waals surface area contributed by atoms with E-state index in [-0.39, 0.29) is 30.1 Å². The minimum Gasteiger partial charge on any atom is -0.491 e. The lowest BCUT2D eigenvalue weighted by molar-refractivity contribution is 0.242. The maximum absolute atomic E-state index is 5.88. The number of hydrogen-bond donors (Lipinski definition) is 2. The summed E-state index contributed by atoms with van der Waals surface area (Å²) in [5, 5.41) is 3.10. The normalized spacial score (nSPS) is 11.0. The monoisotopic (exact) mass is 440 g/mol. The molecule has 3 N–H and O–H groups in total. The van der Waals surface area contributed by atoms with Crippen molar-refractivity contribution in [2.45, 2.75) is 32.9 Å². The molecule has 0 atom stereocenters. The second-order valence-electron chi connectivity index (χ2n) is 5.51. The molecule has 0 bridgehead atoms. The number of rotatable bonds is 7. The maximum Gasteiger partial charge on any atom is 0.188 e. The molecule has 0 unspecified atom stereocenters. The van der Waals surface area contributed by atoms with Crippen LogP contribution in [0.5, 0.6) is 5.75 Å². The van der Waals surface area contributed by atoms with Gasteiger partial charge in [0.1, 0.15) is 5.75 Å². The first-order valence-electron chi connectivity index (χ1n) is 7.83. The van der Waals surface area contributed by atoms with E-state index in [2.05, 4.69) is 15.3 Å². The van der Waals surface area contributed by atoms with Crippen molar-refractivity contribution >= 4 is 29.9 Å². The van der Waals surface area contributed by atoms with Gasteiger partial charge in [-0.25, -0.2) is 4.99 Å². The number of nitrogens with two attached hydrogens (primary N) is 1. The lowest BCUT2D eigenvalue weighted by Gasteiger charge is -2.09. The standard InChI is InChI=1S/C18H24N4O.HI/c1-14(2)23-17-8-6-15(7-9-17)13-22-18(19)21-12-10-16-5-3-4-11-20-16;/h3-9,11,14H,10,12-13H2,1-2H3,(H3,19,21,22);1H. The molecular formula is C18H25IN4O. The molecule has 0 spiro atoms. The fourth-order valence-electron chi connectivity index (χ4n) is 2.04. The van der Waals surface area contributed by atoms with Crippen molar-refractivity contribution in [3.05, 3.63) is 59.9 Å². The summed E-state index contributed by atoms with van der Waals surface area (Å²) in [6.45, 7) is 5.28. The van der Waals surface area contributed by atoms with Gasteiger partial charge in [-0.05, 0) is 43.7 Å². The molecule has 6 heteroatoms. The van der Waals surface area contributed by atoms with Crippen molar-refractivity contribution in [2.75, 3.05) is 6.54 Å². The molecule has 2 rings (SSSR count). The molecule has 1 heterocycles. The summed E-state index contributed by atoms with van der Waals surface area (Å²) < 4.78 is 5.61. The summed E-state index contributed by atoms with van der Waals surface area (Å²) in [5.74, 6) is 1.32. The van der Waals surface area contributed by atoms with Crippen LogP contribution >= 0.6 is 24.0 Å². The van der Waals surface area contributed by atoms with E-state index in [0.29, 0.717) is 19.0 Å². The first-order valence-corrected chi connectivity index (χ1v) is 7.83. The Morgan fingerprint density at radius 3 is 2.58 bits per heavy atom. The van der Waals surface area contributed by atoms with Crippen molar-refractivity contribution in [1.29, 1.82) is 0 Å². The lowest BCUT2D eigenvalue weighted by Crippen LogP contribution is -2.33. The van der Waals surface area contributed by atoms with Crippen LogP contribution in [0.1, 0.15) is 25.1 Å². The molecule has 0 saturated carbocycles. The van der Waals surface area contributed by atoms with Crippen LogP contribution in [0, 0.1) is 0 Å². The summed E-state index contributed by atoms with van der Waals surface area (Å²) in [4.78, 5) is 8.60. The molecule has 0 aliphatic heterocycles. The molecule has 0 aliphatic rings. The third kappa shape index (κ3) is 7.63. The topological polar surface area (TPSA) is 72.5 Å². The minimum absolute atomic E-state index is 0. The third-order valence-corrected chi connectivity index (χ3v) is 3.14. The van der Waals surface area contributed by atoms with Crippen molar-refractivity contribution in [2.24, 2.45) is 10.7 Å². The van der Waals surface area contributed by atoms with Gasteiger partial charge < -0.3 is 15.8 Å². The average molecular weight is 440 g/mol. The van der Waals surface area contributed by atoms with Crippen LogP contribution in [0.25, 0.3) is 0 Å². The van der Waals surface area contributed by atoms with Crippen LogP contribution in [0.2, 0.25) is 0 Å². The Hall–Kier alpha value is -1.83. The predicted molar refractivity (Wildman–Crippen MR) is 109 cm³/mol. The van der Waals surface area contributed by atoms with E-state index in [1.54, 1.807) is 6.20 Å². The summed E-state index contributed by atoms with van der Waals surface area (Å²) in [6, 6.07) is 13.8. The van der Waals surface area contributed by atoms with E-state index < -0.39 is 0 Å². The molecule has 0 radical (unpaired) electrons. The molecular weight excluding hydrogens is 415 g/mol. The number of halogens is 1. The highest BCUT2D eigenvalue weighted by molar-refractivity contribution is 14.0. The van der Waals surface area contributed by atoms with Crippen molar-refractivity contribution in [3.63, 3.8) is 0 Å². The zero-order valence-corrected chi connectivity index (χ0v) is 16.4. The molecule has 130 valence electrons. The second-order valence-corrected chi connectivity index (χ2v) is 5.51. The van der Waals surface area contributed by atoms with Crippen molar-refractivity contribution < 1.29 is 4.74 Å². The molecule has 0 saturated heterocycles. The highest BCUT2D eigenvalue weighted by atomic mass is 127. The van der Waals surface area contributed by atoms with Crippen LogP contribution in [-0.2, 0) is 13.0 Å². The third-order valence-electron chi connectivity index (χ3n) is 3.14. The highest BCUT2D eigenvalue weighted by Gasteiger charge is 1.99. The van der Waals surface area contributed by atoms with Crippen LogP contribution in [0.3, 0.4) is 0 Å². The van der Waals surface area contributed by atoms with Gasteiger partial charge in [-0.15, -0.1) is 24.0 Å². The fourth-order valence-corrected chi connectivity index (χ4v) is 2.04. The smallest absolute Gasteiger partial charge is 0.188 e. The number of guanidine groups is 1. The van der Waals surface area contributed by atoms with E-state index in [0.717, 1.165) is 23.4 Å². The molecule has 1 aromatic heterocycles. The van der Waals surface area contributed by atoms with Gasteiger partial charge in [0.15, 0.2) is 5.96 Å². The Kier molecular flexibility index (Phi) is 9.14. The van der Waals surface area contributed by atoms with E-state index in [1.165, 1.54) is 0 Å².